The first-order valence-corrected chi connectivity index (χ1v) is 12.6. The summed E-state index contributed by atoms with van der Waals surface area (Å²) in [6, 6.07) is 11.1. The number of fused-ring (bicyclic) bond motifs is 1. The van der Waals surface area contributed by atoms with Crippen LogP contribution in [-0.4, -0.2) is 49.8 Å². The van der Waals surface area contributed by atoms with Crippen LogP contribution >= 0.6 is 0 Å². The molecule has 0 unspecified atom stereocenters. The zero-order valence-corrected chi connectivity index (χ0v) is 19.9. The van der Waals surface area contributed by atoms with E-state index in [1.807, 2.05) is 13.8 Å². The van der Waals surface area contributed by atoms with Crippen molar-refractivity contribution >= 4 is 33.2 Å². The Balaban J connectivity index is 1.53. The van der Waals surface area contributed by atoms with E-state index in [2.05, 4.69) is 5.32 Å². The van der Waals surface area contributed by atoms with Crippen LogP contribution in [-0.2, 0) is 26.0 Å². The molecule has 9 heteroatoms. The molecule has 0 aromatic heterocycles. The fraction of sp³-hybridized carbons (Fsp3) is 0.417. The Hall–Kier alpha value is -2.91. The highest BCUT2D eigenvalue weighted by Crippen LogP contribution is 2.35. The van der Waals surface area contributed by atoms with E-state index >= 15 is 0 Å². The molecule has 2 aliphatic rings. The Morgan fingerprint density at radius 2 is 1.88 bits per heavy atom. The normalized spacial score (nSPS) is 20.5. The summed E-state index contributed by atoms with van der Waals surface area (Å²) < 4.78 is 33.6. The van der Waals surface area contributed by atoms with Crippen molar-refractivity contribution in [1.29, 1.82) is 0 Å². The lowest BCUT2D eigenvalue weighted by atomic mass is 10.1. The number of benzene rings is 2. The number of amides is 2. The predicted molar refractivity (Wildman–Crippen MR) is 126 cm³/mol. The molecule has 2 aromatic rings. The molecule has 2 atom stereocenters. The molecule has 2 aromatic carbocycles. The van der Waals surface area contributed by atoms with E-state index in [0.29, 0.717) is 37.3 Å². The number of rotatable bonds is 6. The molecule has 1 saturated heterocycles. The number of ether oxygens (including phenoxy) is 1. The lowest BCUT2D eigenvalue weighted by Gasteiger charge is -2.24. The first kappa shape index (κ1) is 23.3. The van der Waals surface area contributed by atoms with Crippen LogP contribution < -0.4 is 15.0 Å². The highest BCUT2D eigenvalue weighted by atomic mass is 32.2. The second-order valence-electron chi connectivity index (χ2n) is 8.45. The van der Waals surface area contributed by atoms with Crippen molar-refractivity contribution in [1.82, 2.24) is 4.31 Å². The number of hydrogen-bond acceptors (Lipinski definition) is 5. The van der Waals surface area contributed by atoms with Crippen LogP contribution in [0.1, 0.15) is 39.2 Å². The van der Waals surface area contributed by atoms with Gasteiger partial charge in [0.2, 0.25) is 21.8 Å². The van der Waals surface area contributed by atoms with Crippen molar-refractivity contribution in [2.45, 2.75) is 57.0 Å². The molecular formula is C24H29N3O5S. The number of nitrogens with one attached hydrogen (secondary N) is 1. The summed E-state index contributed by atoms with van der Waals surface area (Å²) in [5.74, 6) is 0.287. The molecular weight excluding hydrogens is 442 g/mol. The summed E-state index contributed by atoms with van der Waals surface area (Å²) in [5.41, 5.74) is 2.16. The highest BCUT2D eigenvalue weighted by molar-refractivity contribution is 7.89. The standard InChI is InChI=1S/C24H29N3O5S/c1-4-32-20-9-7-19(8-10-20)25-24(29)23-6-5-13-26(23)33(30,31)21-11-12-22-18(15-21)14-16(2)27(22)17(3)28/h7-12,15-16,23H,4-6,13-14H2,1-3H3,(H,25,29)/t16-,23+/m1/s1. The van der Waals surface area contributed by atoms with Gasteiger partial charge in [0.05, 0.1) is 11.5 Å². The number of hydrogen-bond donors (Lipinski definition) is 1. The highest BCUT2D eigenvalue weighted by Gasteiger charge is 2.40. The predicted octanol–water partition coefficient (Wildman–Crippen LogP) is 3.17. The summed E-state index contributed by atoms with van der Waals surface area (Å²) in [7, 11) is -3.87. The van der Waals surface area contributed by atoms with Crippen molar-refractivity contribution in [3.05, 3.63) is 48.0 Å². The second-order valence-corrected chi connectivity index (χ2v) is 10.3. The van der Waals surface area contributed by atoms with Gasteiger partial charge < -0.3 is 15.0 Å². The van der Waals surface area contributed by atoms with Gasteiger partial charge >= 0.3 is 0 Å². The number of carbonyl (C=O) groups is 2. The van der Waals surface area contributed by atoms with Gasteiger partial charge in [-0.3, -0.25) is 9.59 Å². The van der Waals surface area contributed by atoms with Gasteiger partial charge in [0.15, 0.2) is 0 Å². The van der Waals surface area contributed by atoms with Crippen LogP contribution in [0.2, 0.25) is 0 Å². The summed E-state index contributed by atoms with van der Waals surface area (Å²) in [5, 5.41) is 2.83. The molecule has 2 amide bonds. The molecule has 1 fully saturated rings. The van der Waals surface area contributed by atoms with E-state index in [0.717, 1.165) is 11.3 Å². The molecule has 2 aliphatic heterocycles. The lowest BCUT2D eigenvalue weighted by Crippen LogP contribution is -2.43. The van der Waals surface area contributed by atoms with Gasteiger partial charge in [-0.25, -0.2) is 8.42 Å². The largest absolute Gasteiger partial charge is 0.494 e. The van der Waals surface area contributed by atoms with E-state index in [1.54, 1.807) is 41.3 Å². The molecule has 2 heterocycles. The summed E-state index contributed by atoms with van der Waals surface area (Å²) in [4.78, 5) is 26.8. The molecule has 1 N–H and O–H groups in total. The minimum atomic E-state index is -3.87. The van der Waals surface area contributed by atoms with Crippen LogP contribution in [0.15, 0.2) is 47.4 Å². The van der Waals surface area contributed by atoms with Gasteiger partial charge in [-0.1, -0.05) is 0 Å². The van der Waals surface area contributed by atoms with Crippen LogP contribution in [0.25, 0.3) is 0 Å². The number of anilines is 2. The molecule has 33 heavy (non-hydrogen) atoms. The summed E-state index contributed by atoms with van der Waals surface area (Å²) in [6.45, 7) is 6.18. The van der Waals surface area contributed by atoms with Crippen LogP contribution in [0.5, 0.6) is 5.75 Å². The third kappa shape index (κ3) is 4.47. The molecule has 0 radical (unpaired) electrons. The van der Waals surface area contributed by atoms with Gasteiger partial charge in [-0.15, -0.1) is 0 Å². The fourth-order valence-electron chi connectivity index (χ4n) is 4.70. The van der Waals surface area contributed by atoms with Gasteiger partial charge in [0.1, 0.15) is 11.8 Å². The maximum atomic E-state index is 13.5. The van der Waals surface area contributed by atoms with E-state index in [-0.39, 0.29) is 29.3 Å². The molecule has 0 bridgehead atoms. The molecule has 176 valence electrons. The van der Waals surface area contributed by atoms with Crippen LogP contribution in [0, 0.1) is 0 Å². The van der Waals surface area contributed by atoms with E-state index in [9.17, 15) is 18.0 Å². The van der Waals surface area contributed by atoms with Gasteiger partial charge in [-0.2, -0.15) is 4.31 Å². The summed E-state index contributed by atoms with van der Waals surface area (Å²) >= 11 is 0. The molecule has 0 spiro atoms. The monoisotopic (exact) mass is 471 g/mol. The zero-order chi connectivity index (χ0) is 23.8. The van der Waals surface area contributed by atoms with Crippen molar-refractivity contribution in [3.63, 3.8) is 0 Å². The molecule has 0 saturated carbocycles. The molecule has 0 aliphatic carbocycles. The molecule has 8 nitrogen and oxygen atoms in total. The summed E-state index contributed by atoms with van der Waals surface area (Å²) in [6.07, 6.45) is 1.67. The third-order valence-corrected chi connectivity index (χ3v) is 8.06. The smallest absolute Gasteiger partial charge is 0.243 e. The minimum absolute atomic E-state index is 0.0186. The van der Waals surface area contributed by atoms with Gasteiger partial charge in [0.25, 0.3) is 0 Å². The quantitative estimate of drug-likeness (QED) is 0.698. The Bertz CT molecular complexity index is 1160. The van der Waals surface area contributed by atoms with E-state index in [4.69, 9.17) is 4.74 Å². The minimum Gasteiger partial charge on any atom is -0.494 e. The first-order chi connectivity index (χ1) is 15.7. The lowest BCUT2D eigenvalue weighted by molar-refractivity contribution is -0.119. The Kier molecular flexibility index (Phi) is 6.45. The topological polar surface area (TPSA) is 96.0 Å². The van der Waals surface area contributed by atoms with Gasteiger partial charge in [-0.05, 0) is 81.1 Å². The van der Waals surface area contributed by atoms with E-state index < -0.39 is 16.1 Å². The fourth-order valence-corrected chi connectivity index (χ4v) is 6.41. The SMILES string of the molecule is CCOc1ccc(NC(=O)[C@@H]2CCCN2S(=O)(=O)c2ccc3c(c2)C[C@@H](C)N3C(C)=O)cc1. The Labute approximate surface area is 194 Å². The Morgan fingerprint density at radius 3 is 2.55 bits per heavy atom. The maximum Gasteiger partial charge on any atom is 0.243 e. The average Bonchev–Trinajstić information content (AvgIpc) is 3.39. The van der Waals surface area contributed by atoms with Crippen molar-refractivity contribution in [2.75, 3.05) is 23.4 Å². The first-order valence-electron chi connectivity index (χ1n) is 11.2. The van der Waals surface area contributed by atoms with Crippen molar-refractivity contribution in [2.24, 2.45) is 0 Å². The number of sulfonamides is 1. The van der Waals surface area contributed by atoms with Crippen molar-refractivity contribution in [3.8, 4) is 5.75 Å². The van der Waals surface area contributed by atoms with Crippen molar-refractivity contribution < 1.29 is 22.7 Å². The average molecular weight is 472 g/mol. The number of nitrogens with zero attached hydrogens (tertiary/aromatic N) is 2. The van der Waals surface area contributed by atoms with Gasteiger partial charge in [0, 0.05) is 30.9 Å². The third-order valence-electron chi connectivity index (χ3n) is 6.15. The van der Waals surface area contributed by atoms with Crippen LogP contribution in [0.4, 0.5) is 11.4 Å². The Morgan fingerprint density at radius 1 is 1.15 bits per heavy atom. The second kappa shape index (κ2) is 9.15. The number of carbonyl (C=O) groups excluding carboxylic acids is 2. The molecule has 4 rings (SSSR count). The zero-order valence-electron chi connectivity index (χ0n) is 19.1. The van der Waals surface area contributed by atoms with E-state index in [1.165, 1.54) is 17.3 Å². The van der Waals surface area contributed by atoms with Crippen LogP contribution in [0.3, 0.4) is 0 Å². The maximum absolute atomic E-state index is 13.5.